The van der Waals surface area contributed by atoms with Crippen molar-refractivity contribution in [3.63, 3.8) is 0 Å². The van der Waals surface area contributed by atoms with E-state index >= 15 is 0 Å². The SMILES string of the molecule is CNC(=O)Oc1ccc(N2C(=O)CC(C)(C)CC2=O)cn1. The predicted molar refractivity (Wildman–Crippen MR) is 74.8 cm³/mol. The normalized spacial score (nSPS) is 17.6. The number of pyridine rings is 1. The highest BCUT2D eigenvalue weighted by atomic mass is 16.6. The number of rotatable bonds is 2. The number of anilines is 1. The number of hydrogen-bond acceptors (Lipinski definition) is 5. The van der Waals surface area contributed by atoms with Gasteiger partial charge >= 0.3 is 6.09 Å². The van der Waals surface area contributed by atoms with Crippen molar-refractivity contribution in [3.05, 3.63) is 18.3 Å². The Balaban J connectivity index is 2.17. The maximum Gasteiger partial charge on any atom is 0.413 e. The molecule has 2 rings (SSSR count). The van der Waals surface area contributed by atoms with E-state index in [2.05, 4.69) is 10.3 Å². The molecular weight excluding hydrogens is 274 g/mol. The highest BCUT2D eigenvalue weighted by Gasteiger charge is 2.38. The highest BCUT2D eigenvalue weighted by molar-refractivity contribution is 6.16. The van der Waals surface area contributed by atoms with E-state index in [4.69, 9.17) is 4.74 Å². The molecule has 1 aromatic heterocycles. The molecule has 1 aromatic rings. The summed E-state index contributed by atoms with van der Waals surface area (Å²) >= 11 is 0. The van der Waals surface area contributed by atoms with Crippen LogP contribution in [0.4, 0.5) is 10.5 Å². The van der Waals surface area contributed by atoms with Gasteiger partial charge in [0.1, 0.15) is 0 Å². The summed E-state index contributed by atoms with van der Waals surface area (Å²) < 4.78 is 4.84. The lowest BCUT2D eigenvalue weighted by atomic mass is 9.81. The Hall–Kier alpha value is -2.44. The molecule has 0 aliphatic carbocycles. The minimum Gasteiger partial charge on any atom is -0.391 e. The Morgan fingerprint density at radius 3 is 2.38 bits per heavy atom. The smallest absolute Gasteiger partial charge is 0.391 e. The first kappa shape index (κ1) is 15.0. The van der Waals surface area contributed by atoms with Gasteiger partial charge in [0.2, 0.25) is 17.7 Å². The van der Waals surface area contributed by atoms with Crippen LogP contribution in [0.25, 0.3) is 0 Å². The van der Waals surface area contributed by atoms with Crippen LogP contribution in [0.5, 0.6) is 5.88 Å². The summed E-state index contributed by atoms with van der Waals surface area (Å²) in [6, 6.07) is 2.96. The van der Waals surface area contributed by atoms with E-state index in [1.54, 1.807) is 0 Å². The summed E-state index contributed by atoms with van der Waals surface area (Å²) in [5, 5.41) is 2.29. The quantitative estimate of drug-likeness (QED) is 0.834. The van der Waals surface area contributed by atoms with Crippen molar-refractivity contribution >= 4 is 23.6 Å². The maximum atomic E-state index is 12.1. The summed E-state index contributed by atoms with van der Waals surface area (Å²) in [6.45, 7) is 3.78. The van der Waals surface area contributed by atoms with Gasteiger partial charge in [0.25, 0.3) is 0 Å². The number of hydrogen-bond donors (Lipinski definition) is 1. The van der Waals surface area contributed by atoms with Crippen molar-refractivity contribution in [2.45, 2.75) is 26.7 Å². The number of aromatic nitrogens is 1. The summed E-state index contributed by atoms with van der Waals surface area (Å²) in [6.07, 6.45) is 1.30. The molecule has 0 unspecified atom stereocenters. The van der Waals surface area contributed by atoms with Crippen molar-refractivity contribution in [3.8, 4) is 5.88 Å². The lowest BCUT2D eigenvalue weighted by molar-refractivity contribution is -0.132. The molecule has 1 N–H and O–H groups in total. The number of piperidine rings is 1. The number of imide groups is 1. The number of nitrogens with one attached hydrogen (secondary N) is 1. The predicted octanol–water partition coefficient (Wildman–Crippen LogP) is 1.48. The van der Waals surface area contributed by atoms with E-state index in [0.29, 0.717) is 18.5 Å². The van der Waals surface area contributed by atoms with Crippen molar-refractivity contribution in [1.29, 1.82) is 0 Å². The van der Waals surface area contributed by atoms with Gasteiger partial charge in [-0.2, -0.15) is 0 Å². The van der Waals surface area contributed by atoms with Crippen LogP contribution in [0.2, 0.25) is 0 Å². The van der Waals surface area contributed by atoms with Crippen molar-refractivity contribution < 1.29 is 19.1 Å². The molecule has 7 heteroatoms. The van der Waals surface area contributed by atoms with Crippen LogP contribution in [0, 0.1) is 5.41 Å². The minimum absolute atomic E-state index is 0.0929. The molecule has 1 fully saturated rings. The Bertz CT molecular complexity index is 560. The molecule has 112 valence electrons. The first-order valence-electron chi connectivity index (χ1n) is 6.54. The molecule has 1 saturated heterocycles. The molecule has 0 bridgehead atoms. The lowest BCUT2D eigenvalue weighted by Gasteiger charge is -2.34. The molecule has 0 saturated carbocycles. The first-order chi connectivity index (χ1) is 9.82. The third kappa shape index (κ3) is 3.36. The topological polar surface area (TPSA) is 88.6 Å². The summed E-state index contributed by atoms with van der Waals surface area (Å²) in [5.41, 5.74) is 0.0603. The number of ether oxygens (including phenoxy) is 1. The fraction of sp³-hybridized carbons (Fsp3) is 0.429. The number of nitrogens with zero attached hydrogens (tertiary/aromatic N) is 2. The molecule has 7 nitrogen and oxygen atoms in total. The fourth-order valence-corrected chi connectivity index (χ4v) is 2.18. The minimum atomic E-state index is -0.637. The monoisotopic (exact) mass is 291 g/mol. The van der Waals surface area contributed by atoms with E-state index in [1.165, 1.54) is 25.4 Å². The zero-order valence-corrected chi connectivity index (χ0v) is 12.2. The van der Waals surface area contributed by atoms with Crippen molar-refractivity contribution in [2.75, 3.05) is 11.9 Å². The van der Waals surface area contributed by atoms with Gasteiger partial charge in [-0.05, 0) is 11.5 Å². The molecule has 1 aliphatic rings. The van der Waals surface area contributed by atoms with Crippen LogP contribution < -0.4 is 15.0 Å². The summed E-state index contributed by atoms with van der Waals surface area (Å²) in [7, 11) is 1.43. The third-order valence-electron chi connectivity index (χ3n) is 3.14. The van der Waals surface area contributed by atoms with Crippen LogP contribution >= 0.6 is 0 Å². The number of carbonyl (C=O) groups excluding carboxylic acids is 3. The van der Waals surface area contributed by atoms with Gasteiger partial charge in [-0.15, -0.1) is 0 Å². The lowest BCUT2D eigenvalue weighted by Crippen LogP contribution is -2.46. The second-order valence-electron chi connectivity index (χ2n) is 5.63. The van der Waals surface area contributed by atoms with E-state index in [0.717, 1.165) is 4.90 Å². The second kappa shape index (κ2) is 5.51. The third-order valence-corrected chi connectivity index (χ3v) is 3.14. The molecule has 1 aliphatic heterocycles. The van der Waals surface area contributed by atoms with Crippen LogP contribution in [-0.4, -0.2) is 29.9 Å². The molecular formula is C14H17N3O4. The van der Waals surface area contributed by atoms with Crippen LogP contribution in [0.3, 0.4) is 0 Å². The van der Waals surface area contributed by atoms with E-state index in [1.807, 2.05) is 13.8 Å². The summed E-state index contributed by atoms with van der Waals surface area (Å²) in [4.78, 5) is 40.3. The Kier molecular flexibility index (Phi) is 3.93. The van der Waals surface area contributed by atoms with Crippen LogP contribution in [-0.2, 0) is 9.59 Å². The van der Waals surface area contributed by atoms with Crippen molar-refractivity contribution in [1.82, 2.24) is 10.3 Å². The molecule has 0 aromatic carbocycles. The highest BCUT2D eigenvalue weighted by Crippen LogP contribution is 2.33. The van der Waals surface area contributed by atoms with Gasteiger partial charge in [-0.1, -0.05) is 13.8 Å². The van der Waals surface area contributed by atoms with Gasteiger partial charge in [0.15, 0.2) is 0 Å². The van der Waals surface area contributed by atoms with Gasteiger partial charge in [-0.25, -0.2) is 14.7 Å². The van der Waals surface area contributed by atoms with E-state index in [-0.39, 0.29) is 23.1 Å². The maximum absolute atomic E-state index is 12.1. The molecule has 0 atom stereocenters. The Labute approximate surface area is 122 Å². The zero-order chi connectivity index (χ0) is 15.6. The average Bonchev–Trinajstić information content (AvgIpc) is 2.38. The Morgan fingerprint density at radius 1 is 1.29 bits per heavy atom. The molecule has 21 heavy (non-hydrogen) atoms. The largest absolute Gasteiger partial charge is 0.413 e. The first-order valence-corrected chi connectivity index (χ1v) is 6.54. The fourth-order valence-electron chi connectivity index (χ4n) is 2.18. The van der Waals surface area contributed by atoms with Crippen molar-refractivity contribution in [2.24, 2.45) is 5.41 Å². The van der Waals surface area contributed by atoms with E-state index < -0.39 is 6.09 Å². The Morgan fingerprint density at radius 2 is 1.90 bits per heavy atom. The second-order valence-corrected chi connectivity index (χ2v) is 5.63. The molecule has 3 amide bonds. The van der Waals surface area contributed by atoms with E-state index in [9.17, 15) is 14.4 Å². The van der Waals surface area contributed by atoms with Gasteiger partial charge in [0, 0.05) is 26.0 Å². The summed E-state index contributed by atoms with van der Waals surface area (Å²) in [5.74, 6) is -0.411. The van der Waals surface area contributed by atoms with Crippen LogP contribution in [0.15, 0.2) is 18.3 Å². The zero-order valence-electron chi connectivity index (χ0n) is 12.2. The molecule has 0 spiro atoms. The standard InChI is InChI=1S/C14H17N3O4/c1-14(2)6-11(18)17(12(19)7-14)9-4-5-10(16-8-9)21-13(20)15-3/h4-5,8H,6-7H2,1-3H3,(H,15,20). The van der Waals surface area contributed by atoms with Gasteiger partial charge in [0.05, 0.1) is 11.9 Å². The molecule has 0 radical (unpaired) electrons. The average molecular weight is 291 g/mol. The number of carbonyl (C=O) groups is 3. The van der Waals surface area contributed by atoms with Gasteiger partial charge < -0.3 is 10.1 Å². The van der Waals surface area contributed by atoms with Gasteiger partial charge in [-0.3, -0.25) is 9.59 Å². The number of amides is 3. The molecule has 2 heterocycles. The van der Waals surface area contributed by atoms with Crippen LogP contribution in [0.1, 0.15) is 26.7 Å².